The second-order valence-corrected chi connectivity index (χ2v) is 6.25. The molecule has 10 nitrogen and oxygen atoms in total. The lowest BCUT2D eigenvalue weighted by molar-refractivity contribution is -0.384. The average Bonchev–Trinajstić information content (AvgIpc) is 2.77. The Labute approximate surface area is 167 Å². The molecule has 2 N–H and O–H groups in total. The van der Waals surface area contributed by atoms with Gasteiger partial charge in [-0.2, -0.15) is 5.26 Å². The molecule has 1 aromatic carbocycles. The monoisotopic (exact) mass is 396 g/mol. The van der Waals surface area contributed by atoms with E-state index in [9.17, 15) is 14.9 Å². The van der Waals surface area contributed by atoms with Crippen molar-refractivity contribution in [2.24, 2.45) is 0 Å². The van der Waals surface area contributed by atoms with Crippen LogP contribution in [0.4, 0.5) is 17.2 Å². The summed E-state index contributed by atoms with van der Waals surface area (Å²) < 4.78 is 5.34. The number of aromatic nitrogens is 1. The van der Waals surface area contributed by atoms with Crippen LogP contribution in [0.1, 0.15) is 15.9 Å². The van der Waals surface area contributed by atoms with E-state index in [4.69, 9.17) is 10.00 Å². The second-order valence-electron chi connectivity index (χ2n) is 6.25. The van der Waals surface area contributed by atoms with Gasteiger partial charge < -0.3 is 20.3 Å². The van der Waals surface area contributed by atoms with Gasteiger partial charge in [0.25, 0.3) is 11.6 Å². The molecule has 150 valence electrons. The molecule has 10 heteroatoms. The van der Waals surface area contributed by atoms with E-state index in [1.165, 1.54) is 12.1 Å². The molecule has 1 aliphatic heterocycles. The summed E-state index contributed by atoms with van der Waals surface area (Å²) in [4.78, 5) is 29.4. The number of rotatable bonds is 7. The Morgan fingerprint density at radius 2 is 2.10 bits per heavy atom. The van der Waals surface area contributed by atoms with Crippen LogP contribution in [0, 0.1) is 21.4 Å². The van der Waals surface area contributed by atoms with Crippen molar-refractivity contribution in [3.8, 4) is 6.07 Å². The number of hydrogen-bond donors (Lipinski definition) is 2. The molecule has 2 aromatic rings. The van der Waals surface area contributed by atoms with Crippen molar-refractivity contribution in [3.63, 3.8) is 0 Å². The zero-order chi connectivity index (χ0) is 20.6. The molecule has 1 aliphatic rings. The largest absolute Gasteiger partial charge is 0.378 e. The third-order valence-corrected chi connectivity index (χ3v) is 4.42. The van der Waals surface area contributed by atoms with E-state index in [0.29, 0.717) is 49.9 Å². The molecule has 0 aliphatic carbocycles. The number of pyridine rings is 1. The zero-order valence-corrected chi connectivity index (χ0v) is 15.6. The number of anilines is 2. The molecule has 0 atom stereocenters. The van der Waals surface area contributed by atoms with Crippen LogP contribution in [-0.2, 0) is 4.74 Å². The number of hydrogen-bond acceptors (Lipinski definition) is 8. The normalized spacial score (nSPS) is 13.4. The van der Waals surface area contributed by atoms with Gasteiger partial charge in [0, 0.05) is 44.5 Å². The first kappa shape index (κ1) is 20.0. The van der Waals surface area contributed by atoms with E-state index in [1.807, 2.05) is 11.0 Å². The number of nitro benzene ring substituents is 1. The Morgan fingerprint density at radius 3 is 2.83 bits per heavy atom. The van der Waals surface area contributed by atoms with Crippen LogP contribution in [0.3, 0.4) is 0 Å². The fraction of sp³-hybridized carbons (Fsp3) is 0.316. The molecule has 1 aromatic heterocycles. The van der Waals surface area contributed by atoms with Gasteiger partial charge in [-0.3, -0.25) is 14.9 Å². The summed E-state index contributed by atoms with van der Waals surface area (Å²) in [5.41, 5.74) is 1.15. The third-order valence-electron chi connectivity index (χ3n) is 4.42. The van der Waals surface area contributed by atoms with Crippen molar-refractivity contribution < 1.29 is 14.5 Å². The first-order valence-corrected chi connectivity index (χ1v) is 9.08. The van der Waals surface area contributed by atoms with Gasteiger partial charge in [0.05, 0.1) is 35.0 Å². The highest BCUT2D eigenvalue weighted by Gasteiger charge is 2.21. The van der Waals surface area contributed by atoms with Gasteiger partial charge in [-0.1, -0.05) is 0 Å². The predicted octanol–water partition coefficient (Wildman–Crippen LogP) is 1.54. The summed E-state index contributed by atoms with van der Waals surface area (Å²) in [6.45, 7) is 2.89. The van der Waals surface area contributed by atoms with E-state index >= 15 is 0 Å². The van der Waals surface area contributed by atoms with Crippen molar-refractivity contribution >= 4 is 23.1 Å². The Balaban J connectivity index is 1.67. The topological polar surface area (TPSA) is 133 Å². The summed E-state index contributed by atoms with van der Waals surface area (Å²) in [7, 11) is 0. The van der Waals surface area contributed by atoms with Gasteiger partial charge in [-0.05, 0) is 18.2 Å². The molecule has 0 saturated carbocycles. The van der Waals surface area contributed by atoms with Crippen molar-refractivity contribution in [2.75, 3.05) is 49.6 Å². The number of nitrogens with one attached hydrogen (secondary N) is 2. The summed E-state index contributed by atoms with van der Waals surface area (Å²) in [6, 6.07) is 9.64. The lowest BCUT2D eigenvalue weighted by Gasteiger charge is -2.30. The van der Waals surface area contributed by atoms with Crippen molar-refractivity contribution in [3.05, 3.63) is 57.8 Å². The SMILES string of the molecule is N#Cc1cccnc1NCCNC(=O)c1cc([N+](=O)[O-])ccc1N1CCOCC1. The van der Waals surface area contributed by atoms with Crippen LogP contribution >= 0.6 is 0 Å². The van der Waals surface area contributed by atoms with Gasteiger partial charge in [0.15, 0.2) is 0 Å². The van der Waals surface area contributed by atoms with E-state index in [-0.39, 0.29) is 17.8 Å². The van der Waals surface area contributed by atoms with Gasteiger partial charge >= 0.3 is 0 Å². The van der Waals surface area contributed by atoms with Gasteiger partial charge in [0.1, 0.15) is 11.9 Å². The highest BCUT2D eigenvalue weighted by Crippen LogP contribution is 2.26. The van der Waals surface area contributed by atoms with Crippen LogP contribution < -0.4 is 15.5 Å². The lowest BCUT2D eigenvalue weighted by Crippen LogP contribution is -2.38. The van der Waals surface area contributed by atoms with E-state index < -0.39 is 10.8 Å². The first-order chi connectivity index (χ1) is 14.1. The molecule has 3 rings (SSSR count). The summed E-state index contributed by atoms with van der Waals surface area (Å²) in [5, 5.41) is 26.0. The molecule has 29 heavy (non-hydrogen) atoms. The minimum absolute atomic E-state index is 0.141. The minimum Gasteiger partial charge on any atom is -0.378 e. The maximum absolute atomic E-state index is 12.7. The standard InChI is InChI=1S/C19H20N6O4/c20-13-14-2-1-5-21-18(14)22-6-7-23-19(26)16-12-15(25(27)28)3-4-17(16)24-8-10-29-11-9-24/h1-5,12H,6-11H2,(H,21,22)(H,23,26). The van der Waals surface area contributed by atoms with Crippen LogP contribution in [-0.4, -0.2) is 55.2 Å². The third kappa shape index (κ3) is 4.97. The molecular formula is C19H20N6O4. The molecule has 1 amide bonds. The average molecular weight is 396 g/mol. The molecule has 2 heterocycles. The summed E-state index contributed by atoms with van der Waals surface area (Å²) in [5.74, 6) is 0.0344. The first-order valence-electron chi connectivity index (χ1n) is 9.08. The Hall–Kier alpha value is -3.71. The van der Waals surface area contributed by atoms with Crippen molar-refractivity contribution in [1.82, 2.24) is 10.3 Å². The maximum atomic E-state index is 12.7. The Kier molecular flexibility index (Phi) is 6.55. The van der Waals surface area contributed by atoms with Crippen LogP contribution in [0.2, 0.25) is 0 Å². The van der Waals surface area contributed by atoms with E-state index in [0.717, 1.165) is 0 Å². The highest BCUT2D eigenvalue weighted by molar-refractivity contribution is 6.00. The minimum atomic E-state index is -0.522. The van der Waals surface area contributed by atoms with Gasteiger partial charge in [-0.15, -0.1) is 0 Å². The number of morpholine rings is 1. The molecule has 1 fully saturated rings. The molecular weight excluding hydrogens is 376 g/mol. The summed E-state index contributed by atoms with van der Waals surface area (Å²) >= 11 is 0. The van der Waals surface area contributed by atoms with Gasteiger partial charge in [-0.25, -0.2) is 4.98 Å². The quantitative estimate of drug-likeness (QED) is 0.409. The lowest BCUT2D eigenvalue weighted by atomic mass is 10.1. The smallest absolute Gasteiger partial charge is 0.270 e. The number of nitriles is 1. The molecule has 1 saturated heterocycles. The molecule has 0 radical (unpaired) electrons. The number of non-ortho nitro benzene ring substituents is 1. The predicted molar refractivity (Wildman–Crippen MR) is 106 cm³/mol. The van der Waals surface area contributed by atoms with Crippen molar-refractivity contribution in [1.29, 1.82) is 5.26 Å². The van der Waals surface area contributed by atoms with Crippen LogP contribution in [0.5, 0.6) is 0 Å². The maximum Gasteiger partial charge on any atom is 0.270 e. The van der Waals surface area contributed by atoms with Gasteiger partial charge in [0.2, 0.25) is 0 Å². The fourth-order valence-corrected chi connectivity index (χ4v) is 2.99. The van der Waals surface area contributed by atoms with E-state index in [2.05, 4.69) is 15.6 Å². The number of amides is 1. The molecule has 0 spiro atoms. The zero-order valence-electron chi connectivity index (χ0n) is 15.6. The second kappa shape index (κ2) is 9.48. The summed E-state index contributed by atoms with van der Waals surface area (Å²) in [6.07, 6.45) is 1.57. The van der Waals surface area contributed by atoms with Crippen LogP contribution in [0.15, 0.2) is 36.5 Å². The molecule has 0 unspecified atom stereocenters. The van der Waals surface area contributed by atoms with E-state index in [1.54, 1.807) is 24.4 Å². The fourth-order valence-electron chi connectivity index (χ4n) is 2.99. The highest BCUT2D eigenvalue weighted by atomic mass is 16.6. The number of carbonyl (C=O) groups excluding carboxylic acids is 1. The number of ether oxygens (including phenoxy) is 1. The van der Waals surface area contributed by atoms with Crippen molar-refractivity contribution in [2.45, 2.75) is 0 Å². The number of benzene rings is 1. The van der Waals surface area contributed by atoms with Crippen LogP contribution in [0.25, 0.3) is 0 Å². The Morgan fingerprint density at radius 1 is 1.31 bits per heavy atom. The Bertz CT molecular complexity index is 937. The number of nitrogens with zero attached hydrogens (tertiary/aromatic N) is 4. The molecule has 0 bridgehead atoms. The number of carbonyl (C=O) groups is 1. The number of nitro groups is 1.